The van der Waals surface area contributed by atoms with Gasteiger partial charge in [-0.15, -0.1) is 0 Å². The molecule has 0 N–H and O–H groups in total. The largest absolute Gasteiger partial charge is 0.310 e. The third-order valence-electron chi connectivity index (χ3n) is 12.8. The summed E-state index contributed by atoms with van der Waals surface area (Å²) in [6, 6.07) is 92.8. The van der Waals surface area contributed by atoms with Crippen LogP contribution in [0.25, 0.3) is 93.5 Å². The molecule has 1 heterocycles. The van der Waals surface area contributed by atoms with Crippen molar-refractivity contribution in [2.45, 2.75) is 0 Å². The molecule has 300 valence electrons. The van der Waals surface area contributed by atoms with E-state index in [1.807, 2.05) is 0 Å². The Balaban J connectivity index is 1.12. The first-order valence-corrected chi connectivity index (χ1v) is 22.0. The molecule has 0 unspecified atom stereocenters. The number of rotatable bonds is 8. The molecule has 0 bridgehead atoms. The fourth-order valence-corrected chi connectivity index (χ4v) is 9.92. The number of nitrogens with zero attached hydrogens (tertiary/aromatic N) is 2. The number of benzene rings is 11. The smallest absolute Gasteiger partial charge is 0.0546 e. The highest BCUT2D eigenvalue weighted by molar-refractivity contribution is 6.14. The van der Waals surface area contributed by atoms with E-state index >= 15 is 0 Å². The molecule has 12 rings (SSSR count). The van der Waals surface area contributed by atoms with E-state index in [2.05, 4.69) is 264 Å². The zero-order valence-electron chi connectivity index (χ0n) is 35.1. The Bertz CT molecular complexity index is 3610. The van der Waals surface area contributed by atoms with Crippen LogP contribution in [0, 0.1) is 0 Å². The van der Waals surface area contributed by atoms with Gasteiger partial charge in [0.1, 0.15) is 0 Å². The quantitative estimate of drug-likeness (QED) is 0.139. The van der Waals surface area contributed by atoms with Gasteiger partial charge in [-0.1, -0.05) is 200 Å². The van der Waals surface area contributed by atoms with Crippen LogP contribution in [0.5, 0.6) is 0 Å². The first-order valence-electron chi connectivity index (χ1n) is 22.0. The summed E-state index contributed by atoms with van der Waals surface area (Å²) >= 11 is 0. The molecular weight excluding hydrogens is 773 g/mol. The lowest BCUT2D eigenvalue weighted by molar-refractivity contribution is 1.17. The summed E-state index contributed by atoms with van der Waals surface area (Å²) in [5, 5.41) is 7.51. The summed E-state index contributed by atoms with van der Waals surface area (Å²) in [4.78, 5) is 2.46. The highest BCUT2D eigenvalue weighted by atomic mass is 15.1. The van der Waals surface area contributed by atoms with Crippen molar-refractivity contribution in [3.8, 4) is 50.2 Å². The molecular formula is C62H42N2. The number of aromatic nitrogens is 1. The maximum absolute atomic E-state index is 2.46. The summed E-state index contributed by atoms with van der Waals surface area (Å²) in [5.41, 5.74) is 16.1. The molecule has 0 saturated heterocycles. The van der Waals surface area contributed by atoms with Crippen LogP contribution in [0.4, 0.5) is 17.1 Å². The van der Waals surface area contributed by atoms with Crippen LogP contribution in [0.1, 0.15) is 0 Å². The fraction of sp³-hybridized carbons (Fsp3) is 0. The highest BCUT2D eigenvalue weighted by Gasteiger charge is 2.24. The van der Waals surface area contributed by atoms with Gasteiger partial charge in [-0.2, -0.15) is 0 Å². The molecule has 1 aromatic heterocycles. The minimum absolute atomic E-state index is 1.06. The Hall–Kier alpha value is -8.46. The van der Waals surface area contributed by atoms with E-state index in [-0.39, 0.29) is 0 Å². The zero-order valence-corrected chi connectivity index (χ0v) is 35.1. The topological polar surface area (TPSA) is 8.17 Å². The summed E-state index contributed by atoms with van der Waals surface area (Å²) in [6.07, 6.45) is 0. The Labute approximate surface area is 373 Å². The van der Waals surface area contributed by atoms with E-state index in [0.717, 1.165) is 22.7 Å². The number of hydrogen-bond donors (Lipinski definition) is 0. The lowest BCUT2D eigenvalue weighted by Gasteiger charge is -2.30. The van der Waals surface area contributed by atoms with Crippen molar-refractivity contribution in [3.05, 3.63) is 255 Å². The second-order valence-electron chi connectivity index (χ2n) is 16.4. The van der Waals surface area contributed by atoms with Crippen LogP contribution in [0.15, 0.2) is 255 Å². The molecule has 0 spiro atoms. The van der Waals surface area contributed by atoms with Gasteiger partial charge in [0.2, 0.25) is 0 Å². The van der Waals surface area contributed by atoms with Gasteiger partial charge < -0.3 is 9.47 Å². The lowest BCUT2D eigenvalue weighted by atomic mass is 9.87. The third-order valence-corrected chi connectivity index (χ3v) is 12.8. The SMILES string of the molecule is c1ccc(-c2ccccc2-c2c(-c3ccccc3)cccc2N(c2ccc(-c3cc4ccccc4c4ccccc34)cc2)c2cccc(-n3c4ccccc4c4ccccc43)c2)cc1. The molecule has 0 saturated carbocycles. The Morgan fingerprint density at radius 1 is 0.281 bits per heavy atom. The van der Waals surface area contributed by atoms with Crippen molar-refractivity contribution in [2.24, 2.45) is 0 Å². The van der Waals surface area contributed by atoms with E-state index in [0.29, 0.717) is 0 Å². The molecule has 0 atom stereocenters. The van der Waals surface area contributed by atoms with Gasteiger partial charge in [-0.3, -0.25) is 0 Å². The Morgan fingerprint density at radius 2 is 0.797 bits per heavy atom. The van der Waals surface area contributed by atoms with Crippen LogP contribution >= 0.6 is 0 Å². The van der Waals surface area contributed by atoms with Crippen molar-refractivity contribution >= 4 is 60.4 Å². The van der Waals surface area contributed by atoms with Gasteiger partial charge >= 0.3 is 0 Å². The molecule has 0 radical (unpaired) electrons. The van der Waals surface area contributed by atoms with Crippen LogP contribution in [-0.2, 0) is 0 Å². The van der Waals surface area contributed by atoms with Crippen LogP contribution in [0.3, 0.4) is 0 Å². The standard InChI is InChI=1S/C62H42N2/c1-3-19-43(20-4-1)50-26-9-12-32-57(50)62-52(44-21-5-2-6-22-44)33-18-36-61(62)63(48-24-17-25-49(42-48)64-59-34-15-13-30-55(59)56-31-14-16-35-60(56)64)47-39-37-45(38-40-47)58-41-46-23-7-8-27-51(46)53-28-10-11-29-54(53)58/h1-42H. The van der Waals surface area contributed by atoms with Gasteiger partial charge in [0.05, 0.1) is 16.7 Å². The number of para-hydroxylation sites is 2. The van der Waals surface area contributed by atoms with Gasteiger partial charge in [-0.25, -0.2) is 0 Å². The monoisotopic (exact) mass is 814 g/mol. The minimum atomic E-state index is 1.06. The average molecular weight is 815 g/mol. The third kappa shape index (κ3) is 6.35. The van der Waals surface area contributed by atoms with Crippen LogP contribution in [-0.4, -0.2) is 4.57 Å². The van der Waals surface area contributed by atoms with E-state index in [9.17, 15) is 0 Å². The fourth-order valence-electron chi connectivity index (χ4n) is 9.92. The highest BCUT2D eigenvalue weighted by Crippen LogP contribution is 2.49. The molecule has 12 aromatic rings. The molecule has 11 aromatic carbocycles. The van der Waals surface area contributed by atoms with Crippen molar-refractivity contribution < 1.29 is 0 Å². The molecule has 0 aliphatic rings. The maximum atomic E-state index is 2.46. The molecule has 2 heteroatoms. The Morgan fingerprint density at radius 3 is 1.50 bits per heavy atom. The minimum Gasteiger partial charge on any atom is -0.310 e. The van der Waals surface area contributed by atoms with Crippen molar-refractivity contribution in [1.82, 2.24) is 4.57 Å². The summed E-state index contributed by atoms with van der Waals surface area (Å²) in [6.45, 7) is 0. The van der Waals surface area contributed by atoms with Gasteiger partial charge in [-0.05, 0) is 115 Å². The van der Waals surface area contributed by atoms with Gasteiger partial charge in [0, 0.05) is 33.4 Å². The van der Waals surface area contributed by atoms with Crippen molar-refractivity contribution in [1.29, 1.82) is 0 Å². The van der Waals surface area contributed by atoms with Crippen molar-refractivity contribution in [3.63, 3.8) is 0 Å². The normalized spacial score (nSPS) is 11.4. The molecule has 0 amide bonds. The van der Waals surface area contributed by atoms with Crippen LogP contribution < -0.4 is 4.90 Å². The second-order valence-corrected chi connectivity index (χ2v) is 16.4. The lowest BCUT2D eigenvalue weighted by Crippen LogP contribution is -2.12. The van der Waals surface area contributed by atoms with E-state index in [4.69, 9.17) is 0 Å². The number of anilines is 3. The van der Waals surface area contributed by atoms with Gasteiger partial charge in [0.15, 0.2) is 0 Å². The molecule has 0 fully saturated rings. The average Bonchev–Trinajstić information content (AvgIpc) is 3.71. The van der Waals surface area contributed by atoms with Crippen LogP contribution in [0.2, 0.25) is 0 Å². The second kappa shape index (κ2) is 15.8. The summed E-state index contributed by atoms with van der Waals surface area (Å²) in [7, 11) is 0. The first-order chi connectivity index (χ1) is 31.8. The molecule has 64 heavy (non-hydrogen) atoms. The van der Waals surface area contributed by atoms with Gasteiger partial charge in [0.25, 0.3) is 0 Å². The van der Waals surface area contributed by atoms with E-state index in [1.165, 1.54) is 87.9 Å². The van der Waals surface area contributed by atoms with Crippen molar-refractivity contribution in [2.75, 3.05) is 4.90 Å². The molecule has 2 nitrogen and oxygen atoms in total. The predicted molar refractivity (Wildman–Crippen MR) is 272 cm³/mol. The Kier molecular flexibility index (Phi) is 9.20. The van der Waals surface area contributed by atoms with E-state index < -0.39 is 0 Å². The number of hydrogen-bond acceptors (Lipinski definition) is 1. The number of fused-ring (bicyclic) bond motifs is 6. The summed E-state index contributed by atoms with van der Waals surface area (Å²) in [5.74, 6) is 0. The van der Waals surface area contributed by atoms with E-state index in [1.54, 1.807) is 0 Å². The maximum Gasteiger partial charge on any atom is 0.0546 e. The summed E-state index contributed by atoms with van der Waals surface area (Å²) < 4.78 is 2.41. The zero-order chi connectivity index (χ0) is 42.4. The molecule has 0 aliphatic carbocycles. The molecule has 0 aliphatic heterocycles. The predicted octanol–water partition coefficient (Wildman–Crippen LogP) is 17.2. The first kappa shape index (κ1) is 37.3.